The number of nitrogens with two attached hydrogens (primary N) is 1. The van der Waals surface area contributed by atoms with E-state index in [1.165, 1.54) is 7.11 Å². The number of hydrogen-bond acceptors (Lipinski definition) is 5. The highest BCUT2D eigenvalue weighted by atomic mass is 16.5. The number of primary amides is 1. The quantitative estimate of drug-likeness (QED) is 0.772. The Hall–Kier alpha value is -3.03. The van der Waals surface area contributed by atoms with Gasteiger partial charge in [-0.15, -0.1) is 0 Å². The molecule has 0 aliphatic carbocycles. The number of benzene rings is 1. The van der Waals surface area contributed by atoms with Gasteiger partial charge in [0, 0.05) is 24.4 Å². The van der Waals surface area contributed by atoms with Crippen molar-refractivity contribution in [1.29, 1.82) is 0 Å². The average Bonchev–Trinajstić information content (AvgIpc) is 2.95. The molecule has 0 unspecified atom stereocenters. The van der Waals surface area contributed by atoms with Crippen LogP contribution in [0.2, 0.25) is 0 Å². The Bertz CT molecular complexity index is 875. The van der Waals surface area contributed by atoms with E-state index >= 15 is 0 Å². The number of methoxy groups -OCH3 is 1. The van der Waals surface area contributed by atoms with Crippen molar-refractivity contribution >= 4 is 17.6 Å². The zero-order chi connectivity index (χ0) is 19.6. The second-order valence-corrected chi connectivity index (χ2v) is 6.54. The van der Waals surface area contributed by atoms with Crippen LogP contribution in [0.1, 0.15) is 42.5 Å². The van der Waals surface area contributed by atoms with Crippen LogP contribution in [-0.4, -0.2) is 35.3 Å². The molecule has 8 nitrogen and oxygen atoms in total. The number of aryl methyl sites for hydroxylation is 2. The number of nitrogens with zero attached hydrogens (tertiary/aromatic N) is 2. The summed E-state index contributed by atoms with van der Waals surface area (Å²) in [5.74, 6) is 0.951. The molecule has 27 heavy (non-hydrogen) atoms. The molecule has 1 aromatic heterocycles. The predicted octanol–water partition coefficient (Wildman–Crippen LogP) is 1.95. The van der Waals surface area contributed by atoms with E-state index < -0.39 is 5.91 Å². The number of anilines is 1. The minimum Gasteiger partial charge on any atom is -0.493 e. The number of amides is 2. The number of nitrogens with one attached hydrogen (secondary N) is 1. The van der Waals surface area contributed by atoms with Gasteiger partial charge in [0.15, 0.2) is 18.1 Å². The summed E-state index contributed by atoms with van der Waals surface area (Å²) in [5.41, 5.74) is 7.98. The zero-order valence-corrected chi connectivity index (χ0v) is 15.7. The Kier molecular flexibility index (Phi) is 5.34. The van der Waals surface area contributed by atoms with Crippen molar-refractivity contribution in [3.63, 3.8) is 0 Å². The van der Waals surface area contributed by atoms with Crippen molar-refractivity contribution in [3.05, 3.63) is 35.0 Å². The molecular weight excluding hydrogens is 348 g/mol. The lowest BCUT2D eigenvalue weighted by Gasteiger charge is -2.25. The number of aromatic nitrogens is 2. The zero-order valence-electron chi connectivity index (χ0n) is 15.7. The highest BCUT2D eigenvalue weighted by Gasteiger charge is 2.32. The molecule has 0 saturated carbocycles. The number of ether oxygens (including phenoxy) is 2. The lowest BCUT2D eigenvalue weighted by molar-refractivity contribution is -0.120. The summed E-state index contributed by atoms with van der Waals surface area (Å²) in [7, 11) is 1.53. The summed E-state index contributed by atoms with van der Waals surface area (Å²) < 4.78 is 12.6. The molecule has 0 saturated heterocycles. The first-order chi connectivity index (χ1) is 12.9. The number of carbonyl (C=O) groups is 2. The van der Waals surface area contributed by atoms with E-state index in [0.29, 0.717) is 17.9 Å². The minimum absolute atomic E-state index is 0.0437. The molecule has 1 aromatic carbocycles. The van der Waals surface area contributed by atoms with Crippen molar-refractivity contribution in [2.24, 2.45) is 5.73 Å². The molecule has 8 heteroatoms. The summed E-state index contributed by atoms with van der Waals surface area (Å²) in [4.78, 5) is 23.3. The summed E-state index contributed by atoms with van der Waals surface area (Å²) >= 11 is 0. The van der Waals surface area contributed by atoms with Crippen molar-refractivity contribution in [3.8, 4) is 11.5 Å². The van der Waals surface area contributed by atoms with Crippen molar-refractivity contribution < 1.29 is 19.1 Å². The van der Waals surface area contributed by atoms with E-state index in [0.717, 1.165) is 35.6 Å². The molecule has 2 heterocycles. The Morgan fingerprint density at radius 3 is 2.85 bits per heavy atom. The summed E-state index contributed by atoms with van der Waals surface area (Å²) in [6, 6.07) is 5.44. The summed E-state index contributed by atoms with van der Waals surface area (Å²) in [6.07, 6.45) is 1.25. The highest BCUT2D eigenvalue weighted by molar-refractivity contribution is 5.94. The van der Waals surface area contributed by atoms with Crippen LogP contribution in [0.4, 0.5) is 5.82 Å². The molecule has 0 fully saturated rings. The van der Waals surface area contributed by atoms with E-state index in [1.807, 2.05) is 23.7 Å². The van der Waals surface area contributed by atoms with Gasteiger partial charge in [0.2, 0.25) is 5.91 Å². The van der Waals surface area contributed by atoms with Crippen LogP contribution in [0.5, 0.6) is 11.5 Å². The maximum Gasteiger partial charge on any atom is 0.255 e. The maximum absolute atomic E-state index is 12.3. The van der Waals surface area contributed by atoms with Gasteiger partial charge in [0.1, 0.15) is 5.82 Å². The molecule has 1 aliphatic heterocycles. The molecule has 2 aromatic rings. The molecule has 1 atom stereocenters. The fourth-order valence-electron chi connectivity index (χ4n) is 3.44. The second-order valence-electron chi connectivity index (χ2n) is 6.54. The van der Waals surface area contributed by atoms with Crippen LogP contribution in [0, 0.1) is 6.92 Å². The van der Waals surface area contributed by atoms with Crippen LogP contribution in [0.25, 0.3) is 0 Å². The molecule has 144 valence electrons. The Morgan fingerprint density at radius 2 is 2.19 bits per heavy atom. The fourth-order valence-corrected chi connectivity index (χ4v) is 3.44. The van der Waals surface area contributed by atoms with Gasteiger partial charge < -0.3 is 20.5 Å². The smallest absolute Gasteiger partial charge is 0.255 e. The lowest BCUT2D eigenvalue weighted by Crippen LogP contribution is -2.25. The third-order valence-electron chi connectivity index (χ3n) is 4.56. The fraction of sp³-hybridized carbons (Fsp3) is 0.421. The van der Waals surface area contributed by atoms with E-state index in [-0.39, 0.29) is 18.4 Å². The van der Waals surface area contributed by atoms with Gasteiger partial charge in [0.25, 0.3) is 5.91 Å². The highest BCUT2D eigenvalue weighted by Crippen LogP contribution is 2.41. The van der Waals surface area contributed by atoms with Crippen molar-refractivity contribution in [2.45, 2.75) is 39.2 Å². The van der Waals surface area contributed by atoms with Gasteiger partial charge in [-0.25, -0.2) is 4.68 Å². The van der Waals surface area contributed by atoms with Gasteiger partial charge in [-0.05, 0) is 31.0 Å². The normalized spacial score (nSPS) is 15.8. The second kappa shape index (κ2) is 7.69. The number of rotatable bonds is 7. The third-order valence-corrected chi connectivity index (χ3v) is 4.56. The van der Waals surface area contributed by atoms with Gasteiger partial charge in [-0.3, -0.25) is 9.59 Å². The predicted molar refractivity (Wildman–Crippen MR) is 100 cm³/mol. The van der Waals surface area contributed by atoms with E-state index in [2.05, 4.69) is 17.3 Å². The maximum atomic E-state index is 12.3. The van der Waals surface area contributed by atoms with E-state index in [4.69, 9.17) is 15.2 Å². The average molecular weight is 372 g/mol. The summed E-state index contributed by atoms with van der Waals surface area (Å²) in [6.45, 7) is 4.54. The van der Waals surface area contributed by atoms with Gasteiger partial charge in [-0.2, -0.15) is 5.10 Å². The number of fused-ring (bicyclic) bond motifs is 1. The first-order valence-corrected chi connectivity index (χ1v) is 8.90. The van der Waals surface area contributed by atoms with Crippen molar-refractivity contribution in [1.82, 2.24) is 9.78 Å². The molecule has 0 spiro atoms. The molecule has 2 amide bonds. The monoisotopic (exact) mass is 372 g/mol. The van der Waals surface area contributed by atoms with Crippen LogP contribution in [0.3, 0.4) is 0 Å². The van der Waals surface area contributed by atoms with Crippen molar-refractivity contribution in [2.75, 3.05) is 19.0 Å². The molecule has 0 bridgehead atoms. The summed E-state index contributed by atoms with van der Waals surface area (Å²) in [5, 5.41) is 7.56. The van der Waals surface area contributed by atoms with Gasteiger partial charge in [0.05, 0.1) is 12.8 Å². The van der Waals surface area contributed by atoms with E-state index in [1.54, 1.807) is 6.07 Å². The van der Waals surface area contributed by atoms with Gasteiger partial charge in [-0.1, -0.05) is 13.0 Å². The first kappa shape index (κ1) is 18.8. The Labute approximate surface area is 157 Å². The van der Waals surface area contributed by atoms with Gasteiger partial charge >= 0.3 is 0 Å². The molecular formula is C19H24N4O4. The SMILES string of the molecule is CCCn1nc(C)c2c1NC(=O)C[C@H]2c1ccc(OCC(N)=O)c(OC)c1. The molecule has 3 N–H and O–H groups in total. The molecule has 0 radical (unpaired) electrons. The molecule has 1 aliphatic rings. The largest absolute Gasteiger partial charge is 0.493 e. The van der Waals surface area contributed by atoms with E-state index in [9.17, 15) is 9.59 Å². The van der Waals surface area contributed by atoms with Crippen LogP contribution >= 0.6 is 0 Å². The Morgan fingerprint density at radius 1 is 1.41 bits per heavy atom. The third kappa shape index (κ3) is 3.74. The minimum atomic E-state index is -0.561. The first-order valence-electron chi connectivity index (χ1n) is 8.90. The Balaban J connectivity index is 1.99. The lowest BCUT2D eigenvalue weighted by atomic mass is 9.85. The standard InChI is InChI=1S/C19H24N4O4/c1-4-7-23-19-18(11(2)22-23)13(9-17(25)21-19)12-5-6-14(15(8-12)26-3)27-10-16(20)24/h5-6,8,13H,4,7,9-10H2,1-3H3,(H2,20,24)(H,21,25)/t13-/m0/s1. The molecule has 3 rings (SSSR count). The number of carbonyl (C=O) groups excluding carboxylic acids is 2. The topological polar surface area (TPSA) is 108 Å². The van der Waals surface area contributed by atoms with Crippen LogP contribution in [0.15, 0.2) is 18.2 Å². The van der Waals surface area contributed by atoms with Crippen LogP contribution < -0.4 is 20.5 Å². The van der Waals surface area contributed by atoms with Crippen LogP contribution in [-0.2, 0) is 16.1 Å². The number of hydrogen-bond donors (Lipinski definition) is 2.